The third kappa shape index (κ3) is 3.47. The summed E-state index contributed by atoms with van der Waals surface area (Å²) in [5, 5.41) is 0. The molecule has 0 spiro atoms. The molecule has 0 bridgehead atoms. The van der Waals surface area contributed by atoms with E-state index in [0.29, 0.717) is 6.04 Å². The van der Waals surface area contributed by atoms with Gasteiger partial charge in [0.2, 0.25) is 0 Å². The van der Waals surface area contributed by atoms with Gasteiger partial charge in [0, 0.05) is 39.9 Å². The molecule has 2 N–H and O–H groups in total. The van der Waals surface area contributed by atoms with Gasteiger partial charge in [-0.25, -0.2) is 0 Å². The normalized spacial score (nSPS) is 23.8. The average Bonchev–Trinajstić information content (AvgIpc) is 2.77. The molecule has 0 aliphatic carbocycles. The van der Waals surface area contributed by atoms with Crippen LogP contribution in [0.15, 0.2) is 12.1 Å². The SMILES string of the molecule is CCc1ccc(CC(N)C2CSCCN2C)s1. The molecule has 1 aromatic rings. The number of thiophene rings is 1. The van der Waals surface area contributed by atoms with Crippen LogP contribution in [0.25, 0.3) is 0 Å². The number of likely N-dealkylation sites (N-methyl/N-ethyl adjacent to an activating group) is 1. The summed E-state index contributed by atoms with van der Waals surface area (Å²) >= 11 is 3.96. The molecule has 2 heterocycles. The van der Waals surface area contributed by atoms with E-state index in [1.165, 1.54) is 27.8 Å². The van der Waals surface area contributed by atoms with Gasteiger partial charge in [-0.15, -0.1) is 11.3 Å². The summed E-state index contributed by atoms with van der Waals surface area (Å²) in [6, 6.07) is 5.31. The Kier molecular flexibility index (Phi) is 4.91. The Bertz CT molecular complexity index is 351. The largest absolute Gasteiger partial charge is 0.326 e. The van der Waals surface area contributed by atoms with E-state index in [4.69, 9.17) is 5.73 Å². The van der Waals surface area contributed by atoms with Crippen LogP contribution in [0, 0.1) is 0 Å². The lowest BCUT2D eigenvalue weighted by molar-refractivity contribution is 0.236. The third-order valence-electron chi connectivity index (χ3n) is 3.44. The van der Waals surface area contributed by atoms with Crippen molar-refractivity contribution < 1.29 is 0 Å². The lowest BCUT2D eigenvalue weighted by Gasteiger charge is -2.36. The van der Waals surface area contributed by atoms with E-state index >= 15 is 0 Å². The Hall–Kier alpha value is -0.0300. The highest BCUT2D eigenvalue weighted by molar-refractivity contribution is 7.99. The fraction of sp³-hybridized carbons (Fsp3) is 0.692. The molecule has 17 heavy (non-hydrogen) atoms. The van der Waals surface area contributed by atoms with Crippen molar-refractivity contribution in [2.45, 2.75) is 31.8 Å². The van der Waals surface area contributed by atoms with Gasteiger partial charge in [0.25, 0.3) is 0 Å². The summed E-state index contributed by atoms with van der Waals surface area (Å²) in [6.07, 6.45) is 2.17. The second kappa shape index (κ2) is 6.23. The van der Waals surface area contributed by atoms with Crippen LogP contribution in [0.2, 0.25) is 0 Å². The predicted molar refractivity (Wildman–Crippen MR) is 79.1 cm³/mol. The molecule has 96 valence electrons. The number of thioether (sulfide) groups is 1. The van der Waals surface area contributed by atoms with Crippen molar-refractivity contribution in [3.8, 4) is 0 Å². The molecule has 0 saturated carbocycles. The summed E-state index contributed by atoms with van der Waals surface area (Å²) in [6.45, 7) is 3.38. The monoisotopic (exact) mass is 270 g/mol. The van der Waals surface area contributed by atoms with E-state index < -0.39 is 0 Å². The lowest BCUT2D eigenvalue weighted by Crippen LogP contribution is -2.51. The van der Waals surface area contributed by atoms with Gasteiger partial charge >= 0.3 is 0 Å². The zero-order valence-electron chi connectivity index (χ0n) is 10.7. The Morgan fingerprint density at radius 1 is 1.47 bits per heavy atom. The van der Waals surface area contributed by atoms with E-state index in [1.807, 2.05) is 23.1 Å². The Morgan fingerprint density at radius 3 is 2.88 bits per heavy atom. The minimum Gasteiger partial charge on any atom is -0.326 e. The smallest absolute Gasteiger partial charge is 0.0338 e. The van der Waals surface area contributed by atoms with Crippen LogP contribution >= 0.6 is 23.1 Å². The van der Waals surface area contributed by atoms with Gasteiger partial charge in [0.1, 0.15) is 0 Å². The highest BCUT2D eigenvalue weighted by atomic mass is 32.2. The van der Waals surface area contributed by atoms with Crippen molar-refractivity contribution >= 4 is 23.1 Å². The summed E-state index contributed by atoms with van der Waals surface area (Å²) in [5.74, 6) is 2.43. The quantitative estimate of drug-likeness (QED) is 0.910. The van der Waals surface area contributed by atoms with Crippen molar-refractivity contribution in [2.24, 2.45) is 5.73 Å². The molecule has 1 aliphatic heterocycles. The van der Waals surface area contributed by atoms with Crippen molar-refractivity contribution in [2.75, 3.05) is 25.1 Å². The highest BCUT2D eigenvalue weighted by Gasteiger charge is 2.25. The molecule has 2 atom stereocenters. The lowest BCUT2D eigenvalue weighted by atomic mass is 10.1. The number of nitrogens with two attached hydrogens (primary N) is 1. The average molecular weight is 270 g/mol. The summed E-state index contributed by atoms with van der Waals surface area (Å²) in [4.78, 5) is 5.34. The second-order valence-corrected chi connectivity index (χ2v) is 7.12. The maximum atomic E-state index is 6.37. The first-order valence-corrected chi connectivity index (χ1v) is 8.29. The van der Waals surface area contributed by atoms with E-state index in [1.54, 1.807) is 0 Å². The van der Waals surface area contributed by atoms with Crippen LogP contribution in [0.1, 0.15) is 16.7 Å². The van der Waals surface area contributed by atoms with Gasteiger partial charge in [-0.1, -0.05) is 6.92 Å². The molecular weight excluding hydrogens is 248 g/mol. The predicted octanol–water partition coefficient (Wildman–Crippen LogP) is 2.23. The Balaban J connectivity index is 1.93. The standard InChI is InChI=1S/C13H22N2S2/c1-3-10-4-5-11(17-10)8-12(14)13-9-16-7-6-15(13)2/h4-5,12-13H,3,6-9,14H2,1-2H3. The molecule has 1 aromatic heterocycles. The summed E-state index contributed by atoms with van der Waals surface area (Å²) < 4.78 is 0. The minimum absolute atomic E-state index is 0.274. The van der Waals surface area contributed by atoms with Gasteiger partial charge in [-0.05, 0) is 32.0 Å². The molecule has 2 unspecified atom stereocenters. The van der Waals surface area contributed by atoms with E-state index in [2.05, 4.69) is 31.0 Å². The topological polar surface area (TPSA) is 29.3 Å². The van der Waals surface area contributed by atoms with Crippen LogP contribution in [0.3, 0.4) is 0 Å². The van der Waals surface area contributed by atoms with E-state index in [9.17, 15) is 0 Å². The van der Waals surface area contributed by atoms with Crippen LogP contribution in [0.5, 0.6) is 0 Å². The van der Waals surface area contributed by atoms with Crippen molar-refractivity contribution in [1.82, 2.24) is 4.90 Å². The number of rotatable bonds is 4. The van der Waals surface area contributed by atoms with Crippen LogP contribution in [-0.4, -0.2) is 42.1 Å². The molecular formula is C13H22N2S2. The van der Waals surface area contributed by atoms with Gasteiger partial charge in [0.15, 0.2) is 0 Å². The zero-order chi connectivity index (χ0) is 12.3. The number of nitrogens with zero attached hydrogens (tertiary/aromatic N) is 1. The number of hydrogen-bond donors (Lipinski definition) is 1. The molecule has 1 aliphatic rings. The van der Waals surface area contributed by atoms with Crippen molar-refractivity contribution in [1.29, 1.82) is 0 Å². The first kappa shape index (κ1) is 13.4. The van der Waals surface area contributed by atoms with Crippen molar-refractivity contribution in [3.05, 3.63) is 21.9 Å². The van der Waals surface area contributed by atoms with E-state index in [0.717, 1.165) is 12.8 Å². The van der Waals surface area contributed by atoms with Gasteiger partial charge in [-0.3, -0.25) is 0 Å². The first-order chi connectivity index (χ1) is 8.20. The molecule has 1 fully saturated rings. The number of aryl methyl sites for hydroxylation is 1. The molecule has 2 nitrogen and oxygen atoms in total. The molecule has 1 saturated heterocycles. The van der Waals surface area contributed by atoms with Gasteiger partial charge in [0.05, 0.1) is 0 Å². The Morgan fingerprint density at radius 2 is 2.24 bits per heavy atom. The van der Waals surface area contributed by atoms with Gasteiger partial charge < -0.3 is 10.6 Å². The molecule has 4 heteroatoms. The zero-order valence-corrected chi connectivity index (χ0v) is 12.3. The second-order valence-electron chi connectivity index (χ2n) is 4.71. The third-order valence-corrected chi connectivity index (χ3v) is 5.74. The van der Waals surface area contributed by atoms with E-state index in [-0.39, 0.29) is 6.04 Å². The molecule has 0 radical (unpaired) electrons. The Labute approximate surface area is 113 Å². The van der Waals surface area contributed by atoms with Gasteiger partial charge in [-0.2, -0.15) is 11.8 Å². The summed E-state index contributed by atoms with van der Waals surface area (Å²) in [7, 11) is 2.20. The van der Waals surface area contributed by atoms with Crippen LogP contribution in [0.4, 0.5) is 0 Å². The van der Waals surface area contributed by atoms with Crippen LogP contribution in [-0.2, 0) is 12.8 Å². The fourth-order valence-corrected chi connectivity index (χ4v) is 4.60. The molecule has 0 aromatic carbocycles. The van der Waals surface area contributed by atoms with Crippen molar-refractivity contribution in [3.63, 3.8) is 0 Å². The molecule has 2 rings (SSSR count). The number of hydrogen-bond acceptors (Lipinski definition) is 4. The highest BCUT2D eigenvalue weighted by Crippen LogP contribution is 2.22. The maximum absolute atomic E-state index is 6.37. The fourth-order valence-electron chi connectivity index (χ4n) is 2.25. The maximum Gasteiger partial charge on any atom is 0.0338 e. The minimum atomic E-state index is 0.274. The first-order valence-electron chi connectivity index (χ1n) is 6.32. The molecule has 0 amide bonds. The van der Waals surface area contributed by atoms with Crippen LogP contribution < -0.4 is 5.73 Å². The summed E-state index contributed by atoms with van der Waals surface area (Å²) in [5.41, 5.74) is 6.37.